The number of thiazole rings is 1. The van der Waals surface area contributed by atoms with Crippen molar-refractivity contribution >= 4 is 17.4 Å². The lowest BCUT2D eigenvalue weighted by Crippen LogP contribution is -2.29. The first-order valence-corrected chi connectivity index (χ1v) is 6.70. The summed E-state index contributed by atoms with van der Waals surface area (Å²) in [6, 6.07) is 4.73. The van der Waals surface area contributed by atoms with Gasteiger partial charge in [-0.25, -0.2) is 0 Å². The zero-order valence-electron chi connectivity index (χ0n) is 10.1. The van der Waals surface area contributed by atoms with Crippen molar-refractivity contribution < 1.29 is 13.2 Å². The minimum atomic E-state index is -4.35. The fraction of sp³-hybridized carbons (Fsp3) is 0.231. The Morgan fingerprint density at radius 2 is 1.95 bits per heavy atom. The number of aromatic nitrogens is 1. The maximum absolute atomic E-state index is 12.4. The van der Waals surface area contributed by atoms with Gasteiger partial charge in [0.25, 0.3) is 5.56 Å². The number of hydrogen-bond donors (Lipinski definition) is 0. The highest BCUT2D eigenvalue weighted by Gasteiger charge is 2.29. The van der Waals surface area contributed by atoms with Crippen LogP contribution in [0.15, 0.2) is 34.1 Å². The Labute approximate surface area is 115 Å². The third kappa shape index (κ3) is 2.29. The second-order valence-electron chi connectivity index (χ2n) is 4.35. The normalized spacial score (nSPS) is 15.2. The molecule has 1 aliphatic heterocycles. The van der Waals surface area contributed by atoms with Crippen molar-refractivity contribution in [3.05, 3.63) is 55.1 Å². The minimum Gasteiger partial charge on any atom is -0.282 e. The maximum atomic E-state index is 12.4. The Hall–Kier alpha value is -1.89. The average molecular weight is 298 g/mol. The number of nitrogens with zero attached hydrogens (tertiary/aromatic N) is 2. The Bertz CT molecular complexity index is 815. The van der Waals surface area contributed by atoms with Crippen molar-refractivity contribution in [2.24, 2.45) is 4.99 Å². The van der Waals surface area contributed by atoms with Crippen LogP contribution in [-0.4, -0.2) is 11.1 Å². The van der Waals surface area contributed by atoms with E-state index in [1.54, 1.807) is 10.6 Å². The van der Waals surface area contributed by atoms with Crippen LogP contribution in [0, 0.1) is 0 Å². The van der Waals surface area contributed by atoms with Crippen LogP contribution in [0.4, 0.5) is 13.2 Å². The topological polar surface area (TPSA) is 34.4 Å². The van der Waals surface area contributed by atoms with Gasteiger partial charge in [-0.15, -0.1) is 0 Å². The predicted octanol–water partition coefficient (Wildman–Crippen LogP) is 1.39. The summed E-state index contributed by atoms with van der Waals surface area (Å²) in [5.41, 5.74) is -0.267. The monoisotopic (exact) mass is 298 g/mol. The molecule has 7 heteroatoms. The highest BCUT2D eigenvalue weighted by Crippen LogP contribution is 2.29. The van der Waals surface area contributed by atoms with E-state index in [0.29, 0.717) is 28.0 Å². The van der Waals surface area contributed by atoms with Gasteiger partial charge in [-0.2, -0.15) is 13.2 Å². The van der Waals surface area contributed by atoms with Crippen LogP contribution in [0.2, 0.25) is 0 Å². The summed E-state index contributed by atoms with van der Waals surface area (Å²) in [7, 11) is 0. The van der Waals surface area contributed by atoms with E-state index in [9.17, 15) is 18.0 Å². The first-order valence-electron chi connectivity index (χ1n) is 5.88. The van der Waals surface area contributed by atoms with Gasteiger partial charge in [0, 0.05) is 6.54 Å². The van der Waals surface area contributed by atoms with Crippen LogP contribution in [-0.2, 0) is 12.7 Å². The molecule has 20 heavy (non-hydrogen) atoms. The summed E-state index contributed by atoms with van der Waals surface area (Å²) >= 11 is 1.26. The summed E-state index contributed by atoms with van der Waals surface area (Å²) < 4.78 is 39.4. The molecule has 0 radical (unpaired) electrons. The van der Waals surface area contributed by atoms with Gasteiger partial charge >= 0.3 is 6.18 Å². The molecule has 3 rings (SSSR count). The van der Waals surface area contributed by atoms with Crippen molar-refractivity contribution in [2.45, 2.75) is 12.7 Å². The molecule has 0 bridgehead atoms. The molecule has 1 aromatic carbocycles. The van der Waals surface area contributed by atoms with E-state index >= 15 is 0 Å². The molecule has 2 aromatic rings. The smallest absolute Gasteiger partial charge is 0.282 e. The largest absolute Gasteiger partial charge is 0.416 e. The Morgan fingerprint density at radius 1 is 1.25 bits per heavy atom. The van der Waals surface area contributed by atoms with Crippen LogP contribution >= 0.6 is 11.3 Å². The summed E-state index contributed by atoms with van der Waals surface area (Å²) in [6.07, 6.45) is -2.75. The highest BCUT2D eigenvalue weighted by molar-refractivity contribution is 7.07. The maximum Gasteiger partial charge on any atom is 0.416 e. The molecule has 0 spiro atoms. The van der Waals surface area contributed by atoms with Gasteiger partial charge in [0.1, 0.15) is 0 Å². The average Bonchev–Trinajstić information content (AvgIpc) is 2.94. The van der Waals surface area contributed by atoms with E-state index in [1.807, 2.05) is 0 Å². The van der Waals surface area contributed by atoms with Crippen molar-refractivity contribution in [3.63, 3.8) is 0 Å². The highest BCUT2D eigenvalue weighted by atomic mass is 32.1. The van der Waals surface area contributed by atoms with E-state index < -0.39 is 11.7 Å². The van der Waals surface area contributed by atoms with E-state index in [1.165, 1.54) is 23.5 Å². The third-order valence-electron chi connectivity index (χ3n) is 2.99. The molecule has 0 aliphatic carbocycles. The predicted molar refractivity (Wildman–Crippen MR) is 69.2 cm³/mol. The fourth-order valence-corrected chi connectivity index (χ4v) is 3.02. The lowest BCUT2D eigenvalue weighted by Gasteiger charge is -2.05. The minimum absolute atomic E-state index is 0.133. The second kappa shape index (κ2) is 4.59. The van der Waals surface area contributed by atoms with Gasteiger partial charge in [-0.1, -0.05) is 23.5 Å². The van der Waals surface area contributed by atoms with Gasteiger partial charge < -0.3 is 0 Å². The molecule has 0 saturated carbocycles. The lowest BCUT2D eigenvalue weighted by atomic mass is 10.1. The van der Waals surface area contributed by atoms with E-state index in [4.69, 9.17) is 0 Å². The van der Waals surface area contributed by atoms with Crippen molar-refractivity contribution in [2.75, 3.05) is 6.54 Å². The van der Waals surface area contributed by atoms with Crippen LogP contribution in [0.25, 0.3) is 6.08 Å². The zero-order chi connectivity index (χ0) is 14.3. The van der Waals surface area contributed by atoms with Crippen LogP contribution < -0.4 is 14.9 Å². The molecule has 0 saturated heterocycles. The molecular weight excluding hydrogens is 289 g/mol. The standard InChI is InChI=1S/C13H9F3N2OS/c14-13(15,16)9-3-1-8(2-4-9)7-10-11(19)18-6-5-17-12(18)20-10/h1-4,7H,5-6H2. The molecule has 1 aromatic heterocycles. The molecule has 1 aliphatic rings. The number of fused-ring (bicyclic) bond motifs is 1. The Morgan fingerprint density at radius 3 is 2.55 bits per heavy atom. The van der Waals surface area contributed by atoms with Gasteiger partial charge in [0.15, 0.2) is 4.80 Å². The summed E-state index contributed by atoms with van der Waals surface area (Å²) in [6.45, 7) is 1.19. The molecule has 3 nitrogen and oxygen atoms in total. The van der Waals surface area contributed by atoms with Crippen molar-refractivity contribution in [1.82, 2.24) is 4.57 Å². The van der Waals surface area contributed by atoms with Crippen LogP contribution in [0.1, 0.15) is 11.1 Å². The van der Waals surface area contributed by atoms with Crippen LogP contribution in [0.3, 0.4) is 0 Å². The van der Waals surface area contributed by atoms with E-state index in [2.05, 4.69) is 4.99 Å². The van der Waals surface area contributed by atoms with Crippen molar-refractivity contribution in [1.29, 1.82) is 0 Å². The summed E-state index contributed by atoms with van der Waals surface area (Å²) in [4.78, 5) is 16.8. The van der Waals surface area contributed by atoms with Gasteiger partial charge in [0.2, 0.25) is 0 Å². The van der Waals surface area contributed by atoms with E-state index in [0.717, 1.165) is 12.1 Å². The number of hydrogen-bond acceptors (Lipinski definition) is 3. The molecule has 0 fully saturated rings. The van der Waals surface area contributed by atoms with E-state index in [-0.39, 0.29) is 5.56 Å². The fourth-order valence-electron chi connectivity index (χ4n) is 1.99. The zero-order valence-corrected chi connectivity index (χ0v) is 11.0. The number of alkyl halides is 3. The Kier molecular flexibility index (Phi) is 3.01. The lowest BCUT2D eigenvalue weighted by molar-refractivity contribution is -0.137. The summed E-state index contributed by atoms with van der Waals surface area (Å²) in [5, 5.41) is 0. The molecule has 0 N–H and O–H groups in total. The van der Waals surface area contributed by atoms with Gasteiger partial charge in [-0.05, 0) is 23.8 Å². The number of halogens is 3. The molecule has 0 unspecified atom stereocenters. The number of rotatable bonds is 1. The molecule has 0 amide bonds. The molecule has 0 atom stereocenters. The van der Waals surface area contributed by atoms with Gasteiger partial charge in [-0.3, -0.25) is 14.4 Å². The van der Waals surface area contributed by atoms with Crippen molar-refractivity contribution in [3.8, 4) is 0 Å². The molecule has 104 valence electrons. The molecule has 2 heterocycles. The van der Waals surface area contributed by atoms with Crippen LogP contribution in [0.5, 0.6) is 0 Å². The SMILES string of the molecule is O=c1c(=Cc2ccc(C(F)(F)F)cc2)sc2n1CCN=2. The number of benzene rings is 1. The van der Waals surface area contributed by atoms with Gasteiger partial charge in [0.05, 0.1) is 16.6 Å². The quantitative estimate of drug-likeness (QED) is 0.783. The first-order chi connectivity index (χ1) is 9.45. The second-order valence-corrected chi connectivity index (χ2v) is 5.36. The molecular formula is C13H9F3N2OS. The Balaban J connectivity index is 2.03. The summed E-state index contributed by atoms with van der Waals surface area (Å²) in [5.74, 6) is 0. The first kappa shape index (κ1) is 13.1. The third-order valence-corrected chi connectivity index (χ3v) is 4.04.